The van der Waals surface area contributed by atoms with Crippen LogP contribution in [0.4, 0.5) is 5.69 Å². The molecule has 0 aliphatic carbocycles. The zero-order valence-electron chi connectivity index (χ0n) is 11.5. The minimum atomic E-state index is -3.99. The second-order valence-electron chi connectivity index (χ2n) is 4.49. The zero-order valence-corrected chi connectivity index (χ0v) is 13.9. The van der Waals surface area contributed by atoms with Crippen LogP contribution in [0, 0.1) is 10.1 Å². The molecule has 0 aliphatic rings. The number of benzene rings is 1. The van der Waals surface area contributed by atoms with Crippen molar-refractivity contribution >= 4 is 31.6 Å². The number of nitro groups is 1. The number of hydrogen-bond acceptors (Lipinski definition) is 5. The highest BCUT2D eigenvalue weighted by atomic mass is 79.9. The minimum Gasteiger partial charge on any atom is -0.265 e. The van der Waals surface area contributed by atoms with Crippen LogP contribution in [0.25, 0.3) is 0 Å². The summed E-state index contributed by atoms with van der Waals surface area (Å²) < 4.78 is 26.7. The number of nitro benzene ring substituents is 1. The van der Waals surface area contributed by atoms with Crippen LogP contribution in [-0.4, -0.2) is 29.7 Å². The summed E-state index contributed by atoms with van der Waals surface area (Å²) in [5, 5.41) is 11.1. The van der Waals surface area contributed by atoms with Gasteiger partial charge in [0.25, 0.3) is 5.69 Å². The molecular formula is C13H12BrN3O4S. The molecule has 0 bridgehead atoms. The van der Waals surface area contributed by atoms with E-state index in [1.165, 1.54) is 19.2 Å². The van der Waals surface area contributed by atoms with Crippen molar-refractivity contribution in [1.29, 1.82) is 0 Å². The van der Waals surface area contributed by atoms with Gasteiger partial charge in [-0.3, -0.25) is 15.1 Å². The summed E-state index contributed by atoms with van der Waals surface area (Å²) in [7, 11) is -2.62. The molecule has 1 aromatic heterocycles. The number of pyridine rings is 1. The Morgan fingerprint density at radius 1 is 1.27 bits per heavy atom. The fraction of sp³-hybridized carbons (Fsp3) is 0.154. The minimum absolute atomic E-state index is 0.0918. The Morgan fingerprint density at radius 2 is 1.91 bits per heavy atom. The van der Waals surface area contributed by atoms with Gasteiger partial charge < -0.3 is 0 Å². The summed E-state index contributed by atoms with van der Waals surface area (Å²) in [4.78, 5) is 13.9. The van der Waals surface area contributed by atoms with E-state index in [9.17, 15) is 18.5 Å². The lowest BCUT2D eigenvalue weighted by molar-refractivity contribution is -0.387. The summed E-state index contributed by atoms with van der Waals surface area (Å²) in [6, 6.07) is 7.19. The van der Waals surface area contributed by atoms with E-state index >= 15 is 0 Å². The molecule has 2 aromatic rings. The maximum Gasteiger partial charge on any atom is 0.289 e. The molecule has 0 unspecified atom stereocenters. The number of sulfonamides is 1. The summed E-state index contributed by atoms with van der Waals surface area (Å²) in [6.45, 7) is 0.0918. The predicted molar refractivity (Wildman–Crippen MR) is 83.7 cm³/mol. The van der Waals surface area contributed by atoms with Crippen molar-refractivity contribution in [2.45, 2.75) is 11.4 Å². The van der Waals surface area contributed by atoms with Gasteiger partial charge in [0.2, 0.25) is 10.0 Å². The molecule has 9 heteroatoms. The van der Waals surface area contributed by atoms with Gasteiger partial charge in [-0.05, 0) is 29.8 Å². The van der Waals surface area contributed by atoms with Gasteiger partial charge in [0.1, 0.15) is 0 Å². The topological polar surface area (TPSA) is 93.4 Å². The lowest BCUT2D eigenvalue weighted by Crippen LogP contribution is -2.27. The Kier molecular flexibility index (Phi) is 4.89. The van der Waals surface area contributed by atoms with E-state index in [4.69, 9.17) is 0 Å². The third kappa shape index (κ3) is 3.49. The molecule has 22 heavy (non-hydrogen) atoms. The Hall–Kier alpha value is -1.84. The summed E-state index contributed by atoms with van der Waals surface area (Å²) in [5.74, 6) is 0. The van der Waals surface area contributed by atoms with Crippen molar-refractivity contribution in [2.75, 3.05) is 7.05 Å². The first-order chi connectivity index (χ1) is 10.3. The fourth-order valence-electron chi connectivity index (χ4n) is 1.84. The zero-order chi connectivity index (χ0) is 16.3. The molecule has 7 nitrogen and oxygen atoms in total. The Balaban J connectivity index is 2.42. The molecule has 0 radical (unpaired) electrons. The fourth-order valence-corrected chi connectivity index (χ4v) is 3.69. The summed E-state index contributed by atoms with van der Waals surface area (Å²) >= 11 is 3.14. The molecule has 0 N–H and O–H groups in total. The van der Waals surface area contributed by atoms with Crippen molar-refractivity contribution in [3.63, 3.8) is 0 Å². The first-order valence-electron chi connectivity index (χ1n) is 6.11. The molecule has 116 valence electrons. The third-order valence-corrected chi connectivity index (χ3v) is 5.29. The van der Waals surface area contributed by atoms with Crippen LogP contribution < -0.4 is 0 Å². The number of aromatic nitrogens is 1. The van der Waals surface area contributed by atoms with Crippen LogP contribution in [0.5, 0.6) is 0 Å². The highest BCUT2D eigenvalue weighted by molar-refractivity contribution is 9.10. The molecule has 1 aromatic carbocycles. The van der Waals surface area contributed by atoms with Gasteiger partial charge >= 0.3 is 0 Å². The van der Waals surface area contributed by atoms with Crippen LogP contribution >= 0.6 is 15.9 Å². The van der Waals surface area contributed by atoms with Gasteiger partial charge in [-0.25, -0.2) is 8.42 Å². The molecule has 0 atom stereocenters. The van der Waals surface area contributed by atoms with E-state index < -0.39 is 20.6 Å². The van der Waals surface area contributed by atoms with Crippen molar-refractivity contribution in [3.05, 3.63) is 62.9 Å². The number of nitrogens with zero attached hydrogens (tertiary/aromatic N) is 3. The van der Waals surface area contributed by atoms with Crippen molar-refractivity contribution in [2.24, 2.45) is 0 Å². The normalized spacial score (nSPS) is 11.6. The lowest BCUT2D eigenvalue weighted by Gasteiger charge is -2.17. The molecule has 2 rings (SSSR count). The first kappa shape index (κ1) is 16.5. The Bertz CT molecular complexity index is 796. The molecular weight excluding hydrogens is 374 g/mol. The highest BCUT2D eigenvalue weighted by Gasteiger charge is 2.29. The summed E-state index contributed by atoms with van der Waals surface area (Å²) in [5.41, 5.74) is 0.281. The van der Waals surface area contributed by atoms with E-state index in [0.29, 0.717) is 4.47 Å². The van der Waals surface area contributed by atoms with Crippen LogP contribution in [0.2, 0.25) is 0 Å². The van der Waals surface area contributed by atoms with E-state index in [-0.39, 0.29) is 11.4 Å². The molecule has 0 fully saturated rings. The van der Waals surface area contributed by atoms with Crippen molar-refractivity contribution in [3.8, 4) is 0 Å². The molecule has 0 saturated carbocycles. The standard InChI is InChI=1S/C13H12BrN3O4S/c1-16(9-10-4-6-15-7-5-10)22(20,21)13-8-11(14)2-3-12(13)17(18)19/h2-8H,9H2,1H3. The van der Waals surface area contributed by atoms with Crippen LogP contribution in [-0.2, 0) is 16.6 Å². The SMILES string of the molecule is CN(Cc1ccncc1)S(=O)(=O)c1cc(Br)ccc1[N+](=O)[O-]. The van der Waals surface area contributed by atoms with E-state index in [1.54, 1.807) is 24.5 Å². The van der Waals surface area contributed by atoms with E-state index in [0.717, 1.165) is 15.9 Å². The van der Waals surface area contributed by atoms with Gasteiger partial charge in [-0.2, -0.15) is 4.31 Å². The maximum absolute atomic E-state index is 12.6. The second-order valence-corrected chi connectivity index (χ2v) is 7.41. The summed E-state index contributed by atoms with van der Waals surface area (Å²) in [6.07, 6.45) is 3.11. The van der Waals surface area contributed by atoms with Gasteiger partial charge in [0.05, 0.1) is 4.92 Å². The largest absolute Gasteiger partial charge is 0.289 e. The average Bonchev–Trinajstić information content (AvgIpc) is 2.47. The molecule has 0 amide bonds. The molecule has 1 heterocycles. The third-order valence-electron chi connectivity index (χ3n) is 2.96. The van der Waals surface area contributed by atoms with Gasteiger partial charge in [0, 0.05) is 36.5 Å². The van der Waals surface area contributed by atoms with Crippen LogP contribution in [0.1, 0.15) is 5.56 Å². The van der Waals surface area contributed by atoms with Crippen molar-refractivity contribution in [1.82, 2.24) is 9.29 Å². The van der Waals surface area contributed by atoms with Crippen LogP contribution in [0.15, 0.2) is 52.1 Å². The Labute approximate surface area is 135 Å². The lowest BCUT2D eigenvalue weighted by atomic mass is 10.3. The maximum atomic E-state index is 12.6. The predicted octanol–water partition coefficient (Wildman–Crippen LogP) is 2.57. The average molecular weight is 386 g/mol. The Morgan fingerprint density at radius 3 is 2.50 bits per heavy atom. The van der Waals surface area contributed by atoms with Gasteiger partial charge in [0.15, 0.2) is 4.90 Å². The van der Waals surface area contributed by atoms with E-state index in [1.807, 2.05) is 0 Å². The molecule has 0 saturated heterocycles. The highest BCUT2D eigenvalue weighted by Crippen LogP contribution is 2.29. The quantitative estimate of drug-likeness (QED) is 0.582. The smallest absolute Gasteiger partial charge is 0.265 e. The van der Waals surface area contributed by atoms with Crippen LogP contribution in [0.3, 0.4) is 0 Å². The number of hydrogen-bond donors (Lipinski definition) is 0. The second kappa shape index (κ2) is 6.51. The first-order valence-corrected chi connectivity index (χ1v) is 8.35. The molecule has 0 spiro atoms. The van der Waals surface area contributed by atoms with Gasteiger partial charge in [-0.1, -0.05) is 15.9 Å². The van der Waals surface area contributed by atoms with Gasteiger partial charge in [-0.15, -0.1) is 0 Å². The number of halogens is 1. The van der Waals surface area contributed by atoms with E-state index in [2.05, 4.69) is 20.9 Å². The monoisotopic (exact) mass is 385 g/mol. The molecule has 0 aliphatic heterocycles. The van der Waals surface area contributed by atoms with Crippen molar-refractivity contribution < 1.29 is 13.3 Å². The number of rotatable bonds is 5.